The Kier molecular flexibility index (Phi) is 8.18. The Labute approximate surface area is 119 Å². The van der Waals surface area contributed by atoms with E-state index in [1.165, 1.54) is 25.0 Å². The molecule has 1 aromatic rings. The Bertz CT molecular complexity index is 347. The summed E-state index contributed by atoms with van der Waals surface area (Å²) < 4.78 is 0. The van der Waals surface area contributed by atoms with Gasteiger partial charge in [0.05, 0.1) is 5.69 Å². The number of aromatic nitrogens is 2. The monoisotopic (exact) mass is 287 g/mol. The van der Waals surface area contributed by atoms with Crippen molar-refractivity contribution in [1.29, 1.82) is 0 Å². The summed E-state index contributed by atoms with van der Waals surface area (Å²) in [6.45, 7) is 2.98. The van der Waals surface area contributed by atoms with E-state index in [1.54, 1.807) is 6.33 Å². The molecule has 1 rings (SSSR count). The normalized spacial score (nSPS) is 10.6. The fraction of sp³-hybridized carbons (Fsp3) is 0.692. The highest BCUT2D eigenvalue weighted by Crippen LogP contribution is 2.21. The summed E-state index contributed by atoms with van der Waals surface area (Å²) >= 11 is 8.12. The van der Waals surface area contributed by atoms with E-state index in [1.807, 2.05) is 18.7 Å². The molecule has 0 amide bonds. The van der Waals surface area contributed by atoms with Crippen LogP contribution in [-0.4, -0.2) is 28.5 Å². The van der Waals surface area contributed by atoms with Crippen LogP contribution in [0.3, 0.4) is 0 Å². The van der Waals surface area contributed by atoms with E-state index in [0.717, 1.165) is 30.9 Å². The number of aryl methyl sites for hydroxylation is 1. The molecular weight excluding hydrogens is 266 g/mol. The number of nitrogens with one attached hydrogen (secondary N) is 1. The highest BCUT2D eigenvalue weighted by atomic mass is 35.5. The minimum Gasteiger partial charge on any atom is -0.369 e. The Hall–Kier alpha value is -0.480. The molecule has 5 heteroatoms. The quantitative estimate of drug-likeness (QED) is 0.696. The molecule has 1 N–H and O–H groups in total. The molecule has 102 valence electrons. The summed E-state index contributed by atoms with van der Waals surface area (Å²) in [5.74, 6) is 2.04. The molecule has 0 saturated heterocycles. The second kappa shape index (κ2) is 9.45. The smallest absolute Gasteiger partial charge is 0.148 e. The maximum atomic E-state index is 6.20. The highest BCUT2D eigenvalue weighted by Gasteiger charge is 2.06. The van der Waals surface area contributed by atoms with Crippen LogP contribution in [0.4, 0.5) is 5.82 Å². The average Bonchev–Trinajstić information content (AvgIpc) is 2.39. The minimum absolute atomic E-state index is 0.669. The Morgan fingerprint density at radius 3 is 2.72 bits per heavy atom. The van der Waals surface area contributed by atoms with E-state index >= 15 is 0 Å². The zero-order valence-corrected chi connectivity index (χ0v) is 12.8. The van der Waals surface area contributed by atoms with Crippen molar-refractivity contribution < 1.29 is 0 Å². The van der Waals surface area contributed by atoms with Crippen LogP contribution in [-0.2, 0) is 6.42 Å². The molecule has 1 aromatic heterocycles. The lowest BCUT2D eigenvalue weighted by Crippen LogP contribution is -2.06. The third-order valence-corrected chi connectivity index (χ3v) is 3.86. The number of nitrogens with zero attached hydrogens (tertiary/aromatic N) is 2. The van der Waals surface area contributed by atoms with Crippen molar-refractivity contribution in [2.24, 2.45) is 0 Å². The lowest BCUT2D eigenvalue weighted by molar-refractivity contribution is 0.688. The second-order valence-electron chi connectivity index (χ2n) is 4.17. The molecule has 0 spiro atoms. The molecule has 0 fully saturated rings. The van der Waals surface area contributed by atoms with Gasteiger partial charge in [-0.05, 0) is 31.3 Å². The summed E-state index contributed by atoms with van der Waals surface area (Å²) in [5, 5.41) is 3.96. The van der Waals surface area contributed by atoms with E-state index in [4.69, 9.17) is 11.6 Å². The Morgan fingerprint density at radius 1 is 1.22 bits per heavy atom. The van der Waals surface area contributed by atoms with Gasteiger partial charge in [-0.25, -0.2) is 9.97 Å². The zero-order valence-electron chi connectivity index (χ0n) is 11.2. The number of thioether (sulfide) groups is 1. The maximum Gasteiger partial charge on any atom is 0.148 e. The van der Waals surface area contributed by atoms with Crippen LogP contribution in [0.1, 0.15) is 38.3 Å². The predicted octanol–water partition coefficient (Wildman–Crippen LogP) is 4.03. The molecule has 3 nitrogen and oxygen atoms in total. The number of hydrogen-bond acceptors (Lipinski definition) is 4. The van der Waals surface area contributed by atoms with Gasteiger partial charge in [0.2, 0.25) is 0 Å². The number of unbranched alkanes of at least 4 members (excludes halogenated alkanes) is 3. The lowest BCUT2D eigenvalue weighted by atomic mass is 10.2. The van der Waals surface area contributed by atoms with Gasteiger partial charge < -0.3 is 5.32 Å². The Balaban J connectivity index is 2.23. The first-order valence-electron chi connectivity index (χ1n) is 6.51. The van der Waals surface area contributed by atoms with Crippen molar-refractivity contribution in [2.75, 3.05) is 23.9 Å². The van der Waals surface area contributed by atoms with Gasteiger partial charge in [0.15, 0.2) is 0 Å². The molecule has 0 aromatic carbocycles. The first-order chi connectivity index (χ1) is 8.79. The summed E-state index contributed by atoms with van der Waals surface area (Å²) in [5.41, 5.74) is 0.911. The fourth-order valence-corrected chi connectivity index (χ4v) is 2.50. The molecular formula is C13H22ClN3S. The van der Waals surface area contributed by atoms with Crippen LogP contribution in [0.2, 0.25) is 5.02 Å². The van der Waals surface area contributed by atoms with Gasteiger partial charge in [0, 0.05) is 6.54 Å². The van der Waals surface area contributed by atoms with Crippen LogP contribution >= 0.6 is 23.4 Å². The van der Waals surface area contributed by atoms with Gasteiger partial charge in [-0.2, -0.15) is 11.8 Å². The van der Waals surface area contributed by atoms with Gasteiger partial charge in [-0.15, -0.1) is 0 Å². The first kappa shape index (κ1) is 15.6. The van der Waals surface area contributed by atoms with Crippen LogP contribution in [0.5, 0.6) is 0 Å². The predicted molar refractivity (Wildman–Crippen MR) is 81.8 cm³/mol. The molecule has 0 atom stereocenters. The van der Waals surface area contributed by atoms with E-state index in [2.05, 4.69) is 21.5 Å². The largest absolute Gasteiger partial charge is 0.369 e. The zero-order chi connectivity index (χ0) is 13.2. The summed E-state index contributed by atoms with van der Waals surface area (Å²) in [4.78, 5) is 8.33. The van der Waals surface area contributed by atoms with E-state index in [0.29, 0.717) is 5.02 Å². The van der Waals surface area contributed by atoms with Crippen molar-refractivity contribution >= 4 is 29.2 Å². The summed E-state index contributed by atoms with van der Waals surface area (Å²) in [7, 11) is 0. The molecule has 0 saturated carbocycles. The fourth-order valence-electron chi connectivity index (χ4n) is 1.71. The third-order valence-electron chi connectivity index (χ3n) is 2.76. The van der Waals surface area contributed by atoms with Gasteiger partial charge in [0.1, 0.15) is 17.2 Å². The standard InChI is InChI=1S/C13H22ClN3S/c1-3-11-12(14)13(17-10-16-11)15-8-6-4-5-7-9-18-2/h10H,3-9H2,1-2H3,(H,15,16,17). The molecule has 0 bridgehead atoms. The molecule has 0 aliphatic heterocycles. The molecule has 18 heavy (non-hydrogen) atoms. The van der Waals surface area contributed by atoms with Crippen LogP contribution in [0.25, 0.3) is 0 Å². The number of anilines is 1. The van der Waals surface area contributed by atoms with E-state index < -0.39 is 0 Å². The van der Waals surface area contributed by atoms with Crippen LogP contribution in [0, 0.1) is 0 Å². The van der Waals surface area contributed by atoms with Crippen LogP contribution < -0.4 is 5.32 Å². The van der Waals surface area contributed by atoms with Gasteiger partial charge in [-0.1, -0.05) is 31.4 Å². The summed E-state index contributed by atoms with van der Waals surface area (Å²) in [6.07, 6.45) is 9.61. The SMILES string of the molecule is CCc1ncnc(NCCCCCCSC)c1Cl. The highest BCUT2D eigenvalue weighted by molar-refractivity contribution is 7.98. The topological polar surface area (TPSA) is 37.8 Å². The van der Waals surface area contributed by atoms with Crippen LogP contribution in [0.15, 0.2) is 6.33 Å². The molecule has 0 aliphatic rings. The third kappa shape index (κ3) is 5.44. The number of halogens is 1. The number of rotatable bonds is 9. The van der Waals surface area contributed by atoms with Crippen molar-refractivity contribution in [1.82, 2.24) is 9.97 Å². The van der Waals surface area contributed by atoms with Crippen molar-refractivity contribution in [3.05, 3.63) is 17.0 Å². The van der Waals surface area contributed by atoms with Crippen molar-refractivity contribution in [3.63, 3.8) is 0 Å². The average molecular weight is 288 g/mol. The second-order valence-corrected chi connectivity index (χ2v) is 5.53. The lowest BCUT2D eigenvalue weighted by Gasteiger charge is -2.08. The molecule has 0 aliphatic carbocycles. The molecule has 1 heterocycles. The minimum atomic E-state index is 0.669. The van der Waals surface area contributed by atoms with Gasteiger partial charge in [0.25, 0.3) is 0 Å². The van der Waals surface area contributed by atoms with Gasteiger partial charge >= 0.3 is 0 Å². The molecule has 0 radical (unpaired) electrons. The van der Waals surface area contributed by atoms with Crippen molar-refractivity contribution in [2.45, 2.75) is 39.0 Å². The molecule has 0 unspecified atom stereocenters. The van der Waals surface area contributed by atoms with Gasteiger partial charge in [-0.3, -0.25) is 0 Å². The first-order valence-corrected chi connectivity index (χ1v) is 8.29. The maximum absolute atomic E-state index is 6.20. The van der Waals surface area contributed by atoms with E-state index in [-0.39, 0.29) is 0 Å². The van der Waals surface area contributed by atoms with E-state index in [9.17, 15) is 0 Å². The summed E-state index contributed by atoms with van der Waals surface area (Å²) in [6, 6.07) is 0. The van der Waals surface area contributed by atoms with Crippen molar-refractivity contribution in [3.8, 4) is 0 Å². The number of hydrogen-bond donors (Lipinski definition) is 1. The Morgan fingerprint density at radius 2 is 2.00 bits per heavy atom.